The van der Waals surface area contributed by atoms with E-state index >= 15 is 0 Å². The lowest BCUT2D eigenvalue weighted by atomic mass is 10.2. The first-order valence-electron chi connectivity index (χ1n) is 7.05. The topological polar surface area (TPSA) is 42.9 Å². The highest BCUT2D eigenvalue weighted by atomic mass is 35.5. The van der Waals surface area contributed by atoms with Gasteiger partial charge in [0.25, 0.3) is 0 Å². The Bertz CT molecular complexity index is 428. The van der Waals surface area contributed by atoms with Gasteiger partial charge in [-0.15, -0.1) is 0 Å². The molecule has 0 aliphatic heterocycles. The Morgan fingerprint density at radius 1 is 1.15 bits per heavy atom. The van der Waals surface area contributed by atoms with Crippen LogP contribution in [-0.4, -0.2) is 30.1 Å². The fraction of sp³-hybridized carbons (Fsp3) is 0.600. The van der Waals surface area contributed by atoms with Crippen LogP contribution in [0.1, 0.15) is 33.3 Å². The zero-order valence-electron chi connectivity index (χ0n) is 12.6. The molecule has 0 amide bonds. The summed E-state index contributed by atoms with van der Waals surface area (Å²) in [6.45, 7) is 11.4. The third kappa shape index (κ3) is 5.13. The van der Waals surface area contributed by atoms with E-state index in [2.05, 4.69) is 37.9 Å². The van der Waals surface area contributed by atoms with Crippen LogP contribution in [0.5, 0.6) is 5.75 Å². The minimum absolute atomic E-state index is 0.114. The molecule has 0 heterocycles. The molecule has 0 radical (unpaired) electrons. The second-order valence-corrected chi connectivity index (χ2v) is 6.43. The van der Waals surface area contributed by atoms with E-state index in [4.69, 9.17) is 23.2 Å². The van der Waals surface area contributed by atoms with Gasteiger partial charge in [-0.1, -0.05) is 29.0 Å². The summed E-state index contributed by atoms with van der Waals surface area (Å²) in [7, 11) is 0. The summed E-state index contributed by atoms with van der Waals surface area (Å²) in [6.07, 6.45) is 0. The van der Waals surface area contributed by atoms with Gasteiger partial charge < -0.3 is 10.4 Å². The van der Waals surface area contributed by atoms with Gasteiger partial charge in [0, 0.05) is 34.2 Å². The molecule has 0 atom stereocenters. The number of nitrogens with two attached hydrogens (primary N) is 1. The monoisotopic (exact) mass is 318 g/mol. The largest absolute Gasteiger partial charge is 0.871 e. The second-order valence-electron chi connectivity index (χ2n) is 5.58. The standard InChI is InChI=1S/C15H24Cl2N2O/c1-10(2)19(11(3)4)6-5-18-9-12-7-13(16)8-14(17)15(12)20/h7-8,10-11,18,20H,5-6,9H2,1-4H3. The van der Waals surface area contributed by atoms with E-state index in [0.717, 1.165) is 13.1 Å². The molecule has 20 heavy (non-hydrogen) atoms. The molecular weight excluding hydrogens is 295 g/mol. The van der Waals surface area contributed by atoms with E-state index in [-0.39, 0.29) is 10.8 Å². The maximum atomic E-state index is 11.8. The third-order valence-corrected chi connectivity index (χ3v) is 3.87. The fourth-order valence-electron chi connectivity index (χ4n) is 2.38. The van der Waals surface area contributed by atoms with E-state index in [1.165, 1.54) is 6.07 Å². The van der Waals surface area contributed by atoms with Crippen LogP contribution in [0.3, 0.4) is 0 Å². The van der Waals surface area contributed by atoms with Crippen molar-refractivity contribution in [2.24, 2.45) is 0 Å². The van der Waals surface area contributed by atoms with E-state index in [1.807, 2.05) is 0 Å². The minimum atomic E-state index is -0.114. The van der Waals surface area contributed by atoms with Crippen LogP contribution in [0.15, 0.2) is 12.1 Å². The zero-order valence-corrected chi connectivity index (χ0v) is 14.1. The van der Waals surface area contributed by atoms with Gasteiger partial charge >= 0.3 is 0 Å². The minimum Gasteiger partial charge on any atom is -0.871 e. The summed E-state index contributed by atoms with van der Waals surface area (Å²) < 4.78 is 0. The van der Waals surface area contributed by atoms with Crippen molar-refractivity contribution in [2.75, 3.05) is 13.1 Å². The maximum Gasteiger partial charge on any atom is 0.101 e. The number of halogens is 2. The highest BCUT2D eigenvalue weighted by Crippen LogP contribution is 2.28. The number of benzene rings is 1. The van der Waals surface area contributed by atoms with Crippen molar-refractivity contribution < 1.29 is 10.4 Å². The predicted molar refractivity (Wildman–Crippen MR) is 83.4 cm³/mol. The van der Waals surface area contributed by atoms with Gasteiger partial charge in [0.2, 0.25) is 0 Å². The quantitative estimate of drug-likeness (QED) is 0.783. The van der Waals surface area contributed by atoms with Crippen molar-refractivity contribution in [1.82, 2.24) is 4.90 Å². The highest BCUT2D eigenvalue weighted by molar-refractivity contribution is 6.35. The summed E-state index contributed by atoms with van der Waals surface area (Å²) in [5.74, 6) is -0.114. The zero-order chi connectivity index (χ0) is 15.3. The van der Waals surface area contributed by atoms with E-state index in [0.29, 0.717) is 29.2 Å². The van der Waals surface area contributed by atoms with Crippen molar-refractivity contribution >= 4 is 23.2 Å². The highest BCUT2D eigenvalue weighted by Gasteiger charge is 2.13. The molecule has 5 heteroatoms. The Labute approximate surface area is 131 Å². The summed E-state index contributed by atoms with van der Waals surface area (Å²) in [6, 6.07) is 4.25. The first-order valence-corrected chi connectivity index (χ1v) is 7.80. The van der Waals surface area contributed by atoms with Gasteiger partial charge in [-0.3, -0.25) is 4.90 Å². The Morgan fingerprint density at radius 2 is 1.75 bits per heavy atom. The first kappa shape index (κ1) is 17.6. The molecule has 0 bridgehead atoms. The van der Waals surface area contributed by atoms with Crippen molar-refractivity contribution in [3.05, 3.63) is 27.7 Å². The molecule has 1 aromatic rings. The van der Waals surface area contributed by atoms with E-state index < -0.39 is 0 Å². The fourth-order valence-corrected chi connectivity index (χ4v) is 2.91. The Kier molecular flexibility index (Phi) is 7.10. The molecule has 0 unspecified atom stereocenters. The molecule has 114 valence electrons. The molecule has 0 saturated carbocycles. The summed E-state index contributed by atoms with van der Waals surface area (Å²) >= 11 is 11.8. The van der Waals surface area contributed by atoms with Gasteiger partial charge in [0.1, 0.15) is 6.54 Å². The molecule has 1 aromatic carbocycles. The smallest absolute Gasteiger partial charge is 0.101 e. The van der Waals surface area contributed by atoms with Crippen LogP contribution < -0.4 is 10.4 Å². The number of hydrogen-bond acceptors (Lipinski definition) is 2. The Hall–Kier alpha value is -0.480. The van der Waals surface area contributed by atoms with Crippen LogP contribution in [0.2, 0.25) is 10.0 Å². The van der Waals surface area contributed by atoms with Crippen LogP contribution in [-0.2, 0) is 6.54 Å². The maximum absolute atomic E-state index is 11.8. The first-order chi connectivity index (χ1) is 9.32. The number of quaternary nitrogens is 1. The second kappa shape index (κ2) is 8.08. The lowest BCUT2D eigenvalue weighted by Crippen LogP contribution is -2.84. The molecule has 0 fully saturated rings. The van der Waals surface area contributed by atoms with Gasteiger partial charge in [-0.2, -0.15) is 0 Å². The molecule has 1 rings (SSSR count). The Morgan fingerprint density at radius 3 is 2.30 bits per heavy atom. The van der Waals surface area contributed by atoms with Crippen LogP contribution >= 0.6 is 23.2 Å². The average Bonchev–Trinajstić information content (AvgIpc) is 2.33. The lowest BCUT2D eigenvalue weighted by Gasteiger charge is -2.29. The number of hydrogen-bond donors (Lipinski definition) is 1. The predicted octanol–water partition coefficient (Wildman–Crippen LogP) is 2.25. The number of rotatable bonds is 7. The molecule has 0 aromatic heterocycles. The van der Waals surface area contributed by atoms with Gasteiger partial charge in [0.15, 0.2) is 0 Å². The van der Waals surface area contributed by atoms with Crippen LogP contribution in [0.25, 0.3) is 0 Å². The van der Waals surface area contributed by atoms with Crippen LogP contribution in [0.4, 0.5) is 0 Å². The van der Waals surface area contributed by atoms with Gasteiger partial charge in [-0.05, 0) is 39.8 Å². The molecular formula is C15H24Cl2N2O. The van der Waals surface area contributed by atoms with Gasteiger partial charge in [-0.25, -0.2) is 0 Å². The van der Waals surface area contributed by atoms with Crippen LogP contribution in [0, 0.1) is 0 Å². The molecule has 2 N–H and O–H groups in total. The molecule has 0 aliphatic rings. The molecule has 3 nitrogen and oxygen atoms in total. The average molecular weight is 319 g/mol. The number of nitrogens with zero attached hydrogens (tertiary/aromatic N) is 1. The van der Waals surface area contributed by atoms with Crippen molar-refractivity contribution in [3.63, 3.8) is 0 Å². The molecule has 0 aliphatic carbocycles. The van der Waals surface area contributed by atoms with Gasteiger partial charge in [0.05, 0.1) is 6.54 Å². The summed E-state index contributed by atoms with van der Waals surface area (Å²) in [5.41, 5.74) is 0.670. The van der Waals surface area contributed by atoms with Crippen molar-refractivity contribution in [2.45, 2.75) is 46.3 Å². The normalized spacial score (nSPS) is 11.8. The van der Waals surface area contributed by atoms with Crippen molar-refractivity contribution in [1.29, 1.82) is 0 Å². The Balaban J connectivity index is 2.49. The lowest BCUT2D eigenvalue weighted by molar-refractivity contribution is -0.670. The molecule has 0 spiro atoms. The van der Waals surface area contributed by atoms with E-state index in [1.54, 1.807) is 6.07 Å². The van der Waals surface area contributed by atoms with Crippen molar-refractivity contribution in [3.8, 4) is 5.75 Å². The SMILES string of the molecule is CC(C)N(CC[NH2+]Cc1cc(Cl)cc(Cl)c1[O-])C(C)C. The summed E-state index contributed by atoms with van der Waals surface area (Å²) in [5, 5.41) is 14.7. The third-order valence-electron chi connectivity index (χ3n) is 3.37. The van der Waals surface area contributed by atoms with E-state index in [9.17, 15) is 5.11 Å². The molecule has 0 saturated heterocycles. The summed E-state index contributed by atoms with van der Waals surface area (Å²) in [4.78, 5) is 2.43.